The molecule has 4 nitrogen and oxygen atoms in total. The molecular formula is C13H14F3NO3S. The van der Waals surface area contributed by atoms with Gasteiger partial charge >= 0.3 is 6.18 Å². The van der Waals surface area contributed by atoms with Gasteiger partial charge in [0.1, 0.15) is 6.54 Å². The molecule has 0 radical (unpaired) electrons. The molecule has 0 fully saturated rings. The molecular weight excluding hydrogens is 307 g/mol. The maximum Gasteiger partial charge on any atom is 0.402 e. The van der Waals surface area contributed by atoms with Gasteiger partial charge in [-0.1, -0.05) is 17.9 Å². The Balaban J connectivity index is 3.06. The Morgan fingerprint density at radius 1 is 1.33 bits per heavy atom. The fourth-order valence-electron chi connectivity index (χ4n) is 1.44. The predicted molar refractivity (Wildman–Crippen MR) is 71.0 cm³/mol. The fraction of sp³-hybridized carbons (Fsp3) is 0.385. The third-order valence-corrected chi connectivity index (χ3v) is 3.95. The van der Waals surface area contributed by atoms with Gasteiger partial charge in [0.25, 0.3) is 0 Å². The summed E-state index contributed by atoms with van der Waals surface area (Å²) in [5, 5.41) is 8.60. The molecule has 0 heterocycles. The van der Waals surface area contributed by atoms with E-state index in [1.807, 2.05) is 0 Å². The number of aryl methyl sites for hydroxylation is 1. The number of benzene rings is 1. The van der Waals surface area contributed by atoms with Crippen LogP contribution in [0.15, 0.2) is 23.1 Å². The van der Waals surface area contributed by atoms with Crippen LogP contribution in [-0.2, 0) is 10.0 Å². The SMILES string of the molecule is Cc1ccc(C#CCCO)cc1S(=O)(=O)NCC(F)(F)F. The zero-order valence-electron chi connectivity index (χ0n) is 11.2. The van der Waals surface area contributed by atoms with Gasteiger partial charge in [-0.15, -0.1) is 0 Å². The van der Waals surface area contributed by atoms with Crippen LogP contribution in [0.1, 0.15) is 17.5 Å². The molecule has 116 valence electrons. The van der Waals surface area contributed by atoms with Crippen molar-refractivity contribution in [2.45, 2.75) is 24.4 Å². The Hall–Kier alpha value is -1.56. The smallest absolute Gasteiger partial charge is 0.395 e. The minimum atomic E-state index is -4.63. The molecule has 0 saturated heterocycles. The average Bonchev–Trinajstić information content (AvgIpc) is 2.38. The number of halogens is 3. The molecule has 0 aliphatic rings. The molecule has 2 N–H and O–H groups in total. The first-order valence-electron chi connectivity index (χ1n) is 5.92. The van der Waals surface area contributed by atoms with E-state index in [1.165, 1.54) is 23.8 Å². The van der Waals surface area contributed by atoms with Crippen LogP contribution >= 0.6 is 0 Å². The second-order valence-corrected chi connectivity index (χ2v) is 5.93. The molecule has 0 saturated carbocycles. The molecule has 0 aliphatic heterocycles. The van der Waals surface area contributed by atoms with E-state index in [0.717, 1.165) is 0 Å². The second-order valence-electron chi connectivity index (χ2n) is 4.20. The maximum atomic E-state index is 12.1. The Kier molecular flexibility index (Phi) is 5.78. The molecule has 1 aromatic rings. The van der Waals surface area contributed by atoms with Crippen molar-refractivity contribution in [3.05, 3.63) is 29.3 Å². The summed E-state index contributed by atoms with van der Waals surface area (Å²) in [5.41, 5.74) is 0.666. The van der Waals surface area contributed by atoms with Crippen molar-refractivity contribution < 1.29 is 26.7 Å². The zero-order valence-corrected chi connectivity index (χ0v) is 12.0. The van der Waals surface area contributed by atoms with Crippen LogP contribution < -0.4 is 4.72 Å². The van der Waals surface area contributed by atoms with Crippen molar-refractivity contribution in [2.75, 3.05) is 13.2 Å². The summed E-state index contributed by atoms with van der Waals surface area (Å²) >= 11 is 0. The predicted octanol–water partition coefficient (Wildman–Crippen LogP) is 1.57. The highest BCUT2D eigenvalue weighted by atomic mass is 32.2. The minimum Gasteiger partial charge on any atom is -0.395 e. The van der Waals surface area contributed by atoms with Crippen LogP contribution in [0, 0.1) is 18.8 Å². The number of aliphatic hydroxyl groups is 1. The van der Waals surface area contributed by atoms with Crippen molar-refractivity contribution in [2.24, 2.45) is 0 Å². The van der Waals surface area contributed by atoms with Crippen LogP contribution in [0.5, 0.6) is 0 Å². The number of sulfonamides is 1. The lowest BCUT2D eigenvalue weighted by atomic mass is 10.1. The lowest BCUT2D eigenvalue weighted by molar-refractivity contribution is -0.121. The molecule has 0 aliphatic carbocycles. The van der Waals surface area contributed by atoms with Gasteiger partial charge in [0.05, 0.1) is 11.5 Å². The van der Waals surface area contributed by atoms with Crippen LogP contribution in [0.2, 0.25) is 0 Å². The van der Waals surface area contributed by atoms with Gasteiger partial charge in [-0.2, -0.15) is 13.2 Å². The average molecular weight is 321 g/mol. The first kappa shape index (κ1) is 17.5. The number of rotatable bonds is 4. The standard InChI is InChI=1S/C13H14F3NO3S/c1-10-5-6-11(4-2-3-7-18)8-12(10)21(19,20)17-9-13(14,15)16/h5-6,8,17-18H,3,7,9H2,1H3. The van der Waals surface area contributed by atoms with E-state index in [0.29, 0.717) is 11.1 Å². The summed E-state index contributed by atoms with van der Waals surface area (Å²) in [7, 11) is -4.26. The van der Waals surface area contributed by atoms with Crippen molar-refractivity contribution in [1.29, 1.82) is 0 Å². The molecule has 0 spiro atoms. The normalized spacial score (nSPS) is 11.9. The van der Waals surface area contributed by atoms with Gasteiger partial charge in [0.2, 0.25) is 10.0 Å². The van der Waals surface area contributed by atoms with E-state index in [2.05, 4.69) is 11.8 Å². The van der Waals surface area contributed by atoms with Crippen molar-refractivity contribution in [3.8, 4) is 11.8 Å². The number of hydrogen-bond donors (Lipinski definition) is 2. The highest BCUT2D eigenvalue weighted by molar-refractivity contribution is 7.89. The van der Waals surface area contributed by atoms with Gasteiger partial charge < -0.3 is 5.11 Å². The van der Waals surface area contributed by atoms with Crippen molar-refractivity contribution in [1.82, 2.24) is 4.72 Å². The molecule has 21 heavy (non-hydrogen) atoms. The summed E-state index contributed by atoms with van der Waals surface area (Å²) in [6, 6.07) is 4.23. The summed E-state index contributed by atoms with van der Waals surface area (Å²) in [6.07, 6.45) is -4.40. The van der Waals surface area contributed by atoms with E-state index in [4.69, 9.17) is 5.11 Å². The maximum absolute atomic E-state index is 12.1. The number of hydrogen-bond acceptors (Lipinski definition) is 3. The summed E-state index contributed by atoms with van der Waals surface area (Å²) in [5.74, 6) is 5.24. The molecule has 0 bridgehead atoms. The monoisotopic (exact) mass is 321 g/mol. The molecule has 1 rings (SSSR count). The van der Waals surface area contributed by atoms with Crippen LogP contribution in [-0.4, -0.2) is 32.9 Å². The van der Waals surface area contributed by atoms with E-state index < -0.39 is 22.7 Å². The van der Waals surface area contributed by atoms with Crippen LogP contribution in [0.3, 0.4) is 0 Å². The molecule has 8 heteroatoms. The van der Waals surface area contributed by atoms with Gasteiger partial charge in [0, 0.05) is 12.0 Å². The molecule has 1 aromatic carbocycles. The van der Waals surface area contributed by atoms with E-state index >= 15 is 0 Å². The van der Waals surface area contributed by atoms with Crippen molar-refractivity contribution >= 4 is 10.0 Å². The largest absolute Gasteiger partial charge is 0.402 e. The lowest BCUT2D eigenvalue weighted by Gasteiger charge is -2.11. The van der Waals surface area contributed by atoms with Gasteiger partial charge in [-0.25, -0.2) is 13.1 Å². The molecule has 0 atom stereocenters. The van der Waals surface area contributed by atoms with E-state index in [-0.39, 0.29) is 17.9 Å². The van der Waals surface area contributed by atoms with Gasteiger partial charge in [-0.3, -0.25) is 0 Å². The lowest BCUT2D eigenvalue weighted by Crippen LogP contribution is -2.34. The molecule has 0 amide bonds. The molecule has 0 unspecified atom stereocenters. The zero-order chi connectivity index (χ0) is 16.1. The Bertz CT molecular complexity index is 657. The first-order valence-corrected chi connectivity index (χ1v) is 7.41. The summed E-state index contributed by atoms with van der Waals surface area (Å²) in [4.78, 5) is -0.248. The Labute approximate surface area is 121 Å². The topological polar surface area (TPSA) is 66.4 Å². The summed E-state index contributed by atoms with van der Waals surface area (Å²) in [6.45, 7) is -0.278. The van der Waals surface area contributed by atoms with Gasteiger partial charge in [-0.05, 0) is 24.6 Å². The van der Waals surface area contributed by atoms with Crippen LogP contribution in [0.4, 0.5) is 13.2 Å². The number of nitrogens with one attached hydrogen (secondary N) is 1. The molecule has 0 aromatic heterocycles. The van der Waals surface area contributed by atoms with Gasteiger partial charge in [0.15, 0.2) is 0 Å². The first-order chi connectivity index (χ1) is 9.65. The fourth-order valence-corrected chi connectivity index (χ4v) is 2.73. The van der Waals surface area contributed by atoms with E-state index in [1.54, 1.807) is 6.07 Å². The Morgan fingerprint density at radius 2 is 2.00 bits per heavy atom. The Morgan fingerprint density at radius 3 is 2.57 bits per heavy atom. The second kappa shape index (κ2) is 6.93. The van der Waals surface area contributed by atoms with E-state index in [9.17, 15) is 21.6 Å². The van der Waals surface area contributed by atoms with Crippen molar-refractivity contribution in [3.63, 3.8) is 0 Å². The minimum absolute atomic E-state index is 0.128. The number of aliphatic hydroxyl groups excluding tert-OH is 1. The quantitative estimate of drug-likeness (QED) is 0.827. The number of alkyl halides is 3. The van der Waals surface area contributed by atoms with Crippen LogP contribution in [0.25, 0.3) is 0 Å². The third-order valence-electron chi connectivity index (χ3n) is 2.41. The highest BCUT2D eigenvalue weighted by Gasteiger charge is 2.30. The summed E-state index contributed by atoms with van der Waals surface area (Å²) < 4.78 is 61.6. The highest BCUT2D eigenvalue weighted by Crippen LogP contribution is 2.19. The third kappa shape index (κ3) is 5.75.